The molecule has 0 bridgehead atoms. The van der Waals surface area contributed by atoms with Gasteiger partial charge in [0.1, 0.15) is 17.6 Å². The van der Waals surface area contributed by atoms with E-state index >= 15 is 0 Å². The summed E-state index contributed by atoms with van der Waals surface area (Å²) >= 11 is 6.05. The van der Waals surface area contributed by atoms with Gasteiger partial charge in [0.25, 0.3) is 0 Å². The van der Waals surface area contributed by atoms with Crippen molar-refractivity contribution >= 4 is 17.6 Å². The SMILES string of the molecule is Cc1ccc(Oc2ccc(C(=O)O)cc2C#N)c(Cl)c1. The van der Waals surface area contributed by atoms with Crippen LogP contribution in [0.25, 0.3) is 0 Å². The van der Waals surface area contributed by atoms with Gasteiger partial charge in [-0.15, -0.1) is 0 Å². The summed E-state index contributed by atoms with van der Waals surface area (Å²) in [6, 6.07) is 11.3. The van der Waals surface area contributed by atoms with E-state index in [9.17, 15) is 4.79 Å². The number of nitrogens with zero attached hydrogens (tertiary/aromatic N) is 1. The highest BCUT2D eigenvalue weighted by Gasteiger charge is 2.11. The summed E-state index contributed by atoms with van der Waals surface area (Å²) in [5, 5.41) is 18.4. The topological polar surface area (TPSA) is 70.3 Å². The second-order valence-electron chi connectivity index (χ2n) is 4.16. The summed E-state index contributed by atoms with van der Waals surface area (Å²) < 4.78 is 5.57. The Morgan fingerprint density at radius 1 is 1.25 bits per heavy atom. The normalized spacial score (nSPS) is 9.85. The molecule has 0 spiro atoms. The summed E-state index contributed by atoms with van der Waals surface area (Å²) in [6.45, 7) is 1.90. The van der Waals surface area contributed by atoms with E-state index in [0.29, 0.717) is 10.8 Å². The number of carboxylic acid groups (broad SMARTS) is 1. The maximum absolute atomic E-state index is 10.9. The van der Waals surface area contributed by atoms with E-state index in [1.807, 2.05) is 19.1 Å². The molecule has 1 N–H and O–H groups in total. The van der Waals surface area contributed by atoms with Crippen molar-refractivity contribution in [2.45, 2.75) is 6.92 Å². The van der Waals surface area contributed by atoms with Gasteiger partial charge in [0.2, 0.25) is 0 Å². The standard InChI is InChI=1S/C15H10ClNO3/c1-9-2-4-14(12(16)6-9)20-13-5-3-10(15(18)19)7-11(13)8-17/h2-7H,1H3,(H,18,19). The Bertz CT molecular complexity index is 720. The number of nitriles is 1. The minimum Gasteiger partial charge on any atom is -0.478 e. The monoisotopic (exact) mass is 287 g/mol. The second kappa shape index (κ2) is 5.64. The Labute approximate surface area is 120 Å². The predicted octanol–water partition coefficient (Wildman–Crippen LogP) is 4.01. The molecule has 0 heterocycles. The lowest BCUT2D eigenvalue weighted by atomic mass is 10.1. The van der Waals surface area contributed by atoms with E-state index in [-0.39, 0.29) is 16.9 Å². The minimum atomic E-state index is -1.10. The predicted molar refractivity (Wildman–Crippen MR) is 74.4 cm³/mol. The smallest absolute Gasteiger partial charge is 0.335 e. The summed E-state index contributed by atoms with van der Waals surface area (Å²) in [5.41, 5.74) is 1.16. The fourth-order valence-electron chi connectivity index (χ4n) is 1.65. The van der Waals surface area contributed by atoms with E-state index in [1.54, 1.807) is 12.1 Å². The average molecular weight is 288 g/mol. The number of carboxylic acids is 1. The van der Waals surface area contributed by atoms with Crippen LogP contribution < -0.4 is 4.74 Å². The number of hydrogen-bond acceptors (Lipinski definition) is 3. The molecule has 0 unspecified atom stereocenters. The van der Waals surface area contributed by atoms with Crippen LogP contribution in [0.5, 0.6) is 11.5 Å². The molecular formula is C15H10ClNO3. The molecule has 5 heteroatoms. The molecule has 2 aromatic carbocycles. The second-order valence-corrected chi connectivity index (χ2v) is 4.57. The molecule has 0 fully saturated rings. The van der Waals surface area contributed by atoms with Crippen molar-refractivity contribution in [1.82, 2.24) is 0 Å². The number of carbonyl (C=O) groups is 1. The van der Waals surface area contributed by atoms with Crippen LogP contribution in [-0.4, -0.2) is 11.1 Å². The van der Waals surface area contributed by atoms with Crippen LogP contribution >= 0.6 is 11.6 Å². The molecule has 4 nitrogen and oxygen atoms in total. The third-order valence-corrected chi connectivity index (χ3v) is 2.95. The Morgan fingerprint density at radius 2 is 1.95 bits per heavy atom. The zero-order chi connectivity index (χ0) is 14.7. The van der Waals surface area contributed by atoms with E-state index in [1.165, 1.54) is 18.2 Å². The largest absolute Gasteiger partial charge is 0.478 e. The molecule has 0 aromatic heterocycles. The number of ether oxygens (including phenoxy) is 1. The zero-order valence-electron chi connectivity index (χ0n) is 10.6. The molecular weight excluding hydrogens is 278 g/mol. The van der Waals surface area contributed by atoms with Crippen molar-refractivity contribution in [2.24, 2.45) is 0 Å². The maximum atomic E-state index is 10.9. The molecule has 20 heavy (non-hydrogen) atoms. The van der Waals surface area contributed by atoms with Gasteiger partial charge in [-0.25, -0.2) is 4.79 Å². The highest BCUT2D eigenvalue weighted by atomic mass is 35.5. The molecule has 2 rings (SSSR count). The van der Waals surface area contributed by atoms with Crippen molar-refractivity contribution < 1.29 is 14.6 Å². The van der Waals surface area contributed by atoms with Crippen molar-refractivity contribution in [3.8, 4) is 17.6 Å². The highest BCUT2D eigenvalue weighted by molar-refractivity contribution is 6.32. The van der Waals surface area contributed by atoms with Gasteiger partial charge in [0, 0.05) is 0 Å². The third-order valence-electron chi connectivity index (χ3n) is 2.65. The molecule has 0 aliphatic heterocycles. The first-order valence-corrected chi connectivity index (χ1v) is 6.10. The molecule has 0 aliphatic carbocycles. The van der Waals surface area contributed by atoms with Crippen molar-refractivity contribution in [2.75, 3.05) is 0 Å². The van der Waals surface area contributed by atoms with Gasteiger partial charge in [-0.2, -0.15) is 5.26 Å². The Balaban J connectivity index is 2.39. The zero-order valence-corrected chi connectivity index (χ0v) is 11.3. The highest BCUT2D eigenvalue weighted by Crippen LogP contribution is 2.32. The van der Waals surface area contributed by atoms with Gasteiger partial charge in [-0.1, -0.05) is 17.7 Å². The van der Waals surface area contributed by atoms with Crippen LogP contribution in [0.4, 0.5) is 0 Å². The minimum absolute atomic E-state index is 0.0314. The Hall–Kier alpha value is -2.51. The van der Waals surface area contributed by atoms with Gasteiger partial charge in [-0.05, 0) is 42.8 Å². The van der Waals surface area contributed by atoms with Crippen molar-refractivity contribution in [3.05, 3.63) is 58.1 Å². The van der Waals surface area contributed by atoms with Gasteiger partial charge in [0.15, 0.2) is 0 Å². The lowest BCUT2D eigenvalue weighted by molar-refractivity contribution is 0.0697. The molecule has 0 radical (unpaired) electrons. The van der Waals surface area contributed by atoms with Crippen LogP contribution in [-0.2, 0) is 0 Å². The van der Waals surface area contributed by atoms with Gasteiger partial charge < -0.3 is 9.84 Å². The number of halogens is 1. The number of benzene rings is 2. The van der Waals surface area contributed by atoms with Crippen molar-refractivity contribution in [1.29, 1.82) is 5.26 Å². The maximum Gasteiger partial charge on any atom is 0.335 e. The quantitative estimate of drug-likeness (QED) is 0.926. The van der Waals surface area contributed by atoms with E-state index in [0.717, 1.165) is 5.56 Å². The molecule has 0 amide bonds. The number of aromatic carboxylic acids is 1. The van der Waals surface area contributed by atoms with Gasteiger partial charge in [0.05, 0.1) is 16.1 Å². The first kappa shape index (κ1) is 13.9. The fraction of sp³-hybridized carbons (Fsp3) is 0.0667. The van der Waals surface area contributed by atoms with Crippen molar-refractivity contribution in [3.63, 3.8) is 0 Å². The van der Waals surface area contributed by atoms with Gasteiger partial charge in [-0.3, -0.25) is 0 Å². The first-order valence-electron chi connectivity index (χ1n) is 5.72. The molecule has 2 aromatic rings. The molecule has 0 saturated carbocycles. The van der Waals surface area contributed by atoms with Crippen LogP contribution in [0.3, 0.4) is 0 Å². The van der Waals surface area contributed by atoms with E-state index in [4.69, 9.17) is 26.7 Å². The molecule has 100 valence electrons. The Kier molecular flexibility index (Phi) is 3.92. The van der Waals surface area contributed by atoms with Crippen LogP contribution in [0.2, 0.25) is 5.02 Å². The van der Waals surface area contributed by atoms with Crippen LogP contribution in [0, 0.1) is 18.3 Å². The Morgan fingerprint density at radius 3 is 2.55 bits per heavy atom. The lowest BCUT2D eigenvalue weighted by Crippen LogP contribution is -1.98. The molecule has 0 aliphatic rings. The van der Waals surface area contributed by atoms with E-state index < -0.39 is 5.97 Å². The number of hydrogen-bond donors (Lipinski definition) is 1. The summed E-state index contributed by atoms with van der Waals surface area (Å²) in [4.78, 5) is 10.9. The lowest BCUT2D eigenvalue weighted by Gasteiger charge is -2.10. The van der Waals surface area contributed by atoms with E-state index in [2.05, 4.69) is 0 Å². The van der Waals surface area contributed by atoms with Gasteiger partial charge >= 0.3 is 5.97 Å². The molecule has 0 saturated heterocycles. The van der Waals surface area contributed by atoms with Crippen LogP contribution in [0.15, 0.2) is 36.4 Å². The van der Waals surface area contributed by atoms with Crippen LogP contribution in [0.1, 0.15) is 21.5 Å². The summed E-state index contributed by atoms with van der Waals surface area (Å²) in [5.74, 6) is -0.415. The summed E-state index contributed by atoms with van der Waals surface area (Å²) in [7, 11) is 0. The average Bonchev–Trinajstić information content (AvgIpc) is 2.42. The first-order chi connectivity index (χ1) is 9.51. The summed E-state index contributed by atoms with van der Waals surface area (Å²) in [6.07, 6.45) is 0. The number of aryl methyl sites for hydroxylation is 1. The number of rotatable bonds is 3. The molecule has 0 atom stereocenters. The third kappa shape index (κ3) is 2.90. The fourth-order valence-corrected chi connectivity index (χ4v) is 1.92.